The van der Waals surface area contributed by atoms with E-state index in [4.69, 9.17) is 5.73 Å². The Balaban J connectivity index is 0.00000200. The van der Waals surface area contributed by atoms with Crippen molar-refractivity contribution in [1.29, 1.82) is 0 Å². The maximum Gasteiger partial charge on any atom is 0.223 e. The van der Waals surface area contributed by atoms with Gasteiger partial charge in [0.25, 0.3) is 0 Å². The average Bonchev–Trinajstić information content (AvgIpc) is 3.27. The Labute approximate surface area is 127 Å². The molecule has 20 heavy (non-hydrogen) atoms. The van der Waals surface area contributed by atoms with Crippen LogP contribution in [0, 0.1) is 5.92 Å². The van der Waals surface area contributed by atoms with E-state index in [0.717, 1.165) is 38.6 Å². The number of nitrogens with one attached hydrogen (secondary N) is 1. The van der Waals surface area contributed by atoms with Crippen molar-refractivity contribution in [2.45, 2.75) is 51.0 Å². The molecular formula is C14H26ClN3O2. The van der Waals surface area contributed by atoms with Crippen LogP contribution in [0.15, 0.2) is 0 Å². The predicted molar refractivity (Wildman–Crippen MR) is 80.6 cm³/mol. The SMILES string of the molecule is Cl.NCC1CCCCN1C(=O)CCCNC(=O)C1CC1. The number of likely N-dealkylation sites (tertiary alicyclic amines) is 1. The second-order valence-corrected chi connectivity index (χ2v) is 5.64. The number of rotatable bonds is 6. The summed E-state index contributed by atoms with van der Waals surface area (Å²) in [6.07, 6.45) is 6.57. The van der Waals surface area contributed by atoms with Gasteiger partial charge in [-0.05, 0) is 38.5 Å². The second-order valence-electron chi connectivity index (χ2n) is 5.64. The van der Waals surface area contributed by atoms with Crippen molar-refractivity contribution in [3.63, 3.8) is 0 Å². The molecule has 2 fully saturated rings. The third kappa shape index (κ3) is 4.94. The molecule has 1 aliphatic heterocycles. The predicted octanol–water partition coefficient (Wildman–Crippen LogP) is 1.05. The van der Waals surface area contributed by atoms with Crippen LogP contribution in [-0.4, -0.2) is 42.4 Å². The van der Waals surface area contributed by atoms with Crippen LogP contribution in [-0.2, 0) is 9.59 Å². The summed E-state index contributed by atoms with van der Waals surface area (Å²) >= 11 is 0. The molecule has 0 aromatic heterocycles. The van der Waals surface area contributed by atoms with Gasteiger partial charge in [-0.2, -0.15) is 0 Å². The molecule has 0 radical (unpaired) electrons. The van der Waals surface area contributed by atoms with Gasteiger partial charge < -0.3 is 16.0 Å². The number of nitrogens with two attached hydrogens (primary N) is 1. The summed E-state index contributed by atoms with van der Waals surface area (Å²) in [4.78, 5) is 25.5. The quantitative estimate of drug-likeness (QED) is 0.720. The van der Waals surface area contributed by atoms with E-state index < -0.39 is 0 Å². The van der Waals surface area contributed by atoms with Crippen LogP contribution in [0.4, 0.5) is 0 Å². The lowest BCUT2D eigenvalue weighted by Crippen LogP contribution is -2.47. The van der Waals surface area contributed by atoms with E-state index >= 15 is 0 Å². The second kappa shape index (κ2) is 8.47. The first-order valence-corrected chi connectivity index (χ1v) is 7.49. The van der Waals surface area contributed by atoms with Gasteiger partial charge in [-0.3, -0.25) is 9.59 Å². The van der Waals surface area contributed by atoms with Crippen molar-refractivity contribution < 1.29 is 9.59 Å². The number of nitrogens with zero attached hydrogens (tertiary/aromatic N) is 1. The van der Waals surface area contributed by atoms with Crippen molar-refractivity contribution in [1.82, 2.24) is 10.2 Å². The minimum Gasteiger partial charge on any atom is -0.356 e. The van der Waals surface area contributed by atoms with E-state index in [1.54, 1.807) is 0 Å². The molecule has 1 aliphatic carbocycles. The van der Waals surface area contributed by atoms with Gasteiger partial charge in [-0.15, -0.1) is 12.4 Å². The lowest BCUT2D eigenvalue weighted by atomic mass is 10.0. The molecule has 1 saturated carbocycles. The smallest absolute Gasteiger partial charge is 0.223 e. The van der Waals surface area contributed by atoms with Crippen LogP contribution in [0.1, 0.15) is 44.9 Å². The normalized spacial score (nSPS) is 22.1. The van der Waals surface area contributed by atoms with Gasteiger partial charge in [0.15, 0.2) is 0 Å². The van der Waals surface area contributed by atoms with E-state index in [0.29, 0.717) is 19.5 Å². The highest BCUT2D eigenvalue weighted by atomic mass is 35.5. The van der Waals surface area contributed by atoms with Crippen LogP contribution in [0.2, 0.25) is 0 Å². The van der Waals surface area contributed by atoms with Gasteiger partial charge in [0.1, 0.15) is 0 Å². The van der Waals surface area contributed by atoms with Crippen LogP contribution < -0.4 is 11.1 Å². The largest absolute Gasteiger partial charge is 0.356 e. The fourth-order valence-corrected chi connectivity index (χ4v) is 2.66. The number of carbonyl (C=O) groups is 2. The fourth-order valence-electron chi connectivity index (χ4n) is 2.66. The first-order valence-electron chi connectivity index (χ1n) is 7.49. The Morgan fingerprint density at radius 1 is 1.20 bits per heavy atom. The van der Waals surface area contributed by atoms with Crippen molar-refractivity contribution in [2.75, 3.05) is 19.6 Å². The molecule has 1 unspecified atom stereocenters. The number of hydrogen-bond donors (Lipinski definition) is 2. The molecule has 2 rings (SSSR count). The molecule has 1 saturated heterocycles. The average molecular weight is 304 g/mol. The highest BCUT2D eigenvalue weighted by Crippen LogP contribution is 2.28. The van der Waals surface area contributed by atoms with E-state index in [1.165, 1.54) is 6.42 Å². The topological polar surface area (TPSA) is 75.4 Å². The molecule has 3 N–H and O–H groups in total. The molecule has 5 nitrogen and oxygen atoms in total. The summed E-state index contributed by atoms with van der Waals surface area (Å²) < 4.78 is 0. The fraction of sp³-hybridized carbons (Fsp3) is 0.857. The summed E-state index contributed by atoms with van der Waals surface area (Å²) in [6, 6.07) is 0.224. The van der Waals surface area contributed by atoms with Crippen molar-refractivity contribution in [3.8, 4) is 0 Å². The highest BCUT2D eigenvalue weighted by molar-refractivity contribution is 5.85. The summed E-state index contributed by atoms with van der Waals surface area (Å²) in [5, 5.41) is 2.89. The van der Waals surface area contributed by atoms with Gasteiger partial charge in [0.2, 0.25) is 11.8 Å². The van der Waals surface area contributed by atoms with Gasteiger partial charge in [0.05, 0.1) is 0 Å². The molecule has 0 bridgehead atoms. The van der Waals surface area contributed by atoms with Gasteiger partial charge in [0, 0.05) is 38.0 Å². The lowest BCUT2D eigenvalue weighted by Gasteiger charge is -2.35. The summed E-state index contributed by atoms with van der Waals surface area (Å²) in [5.41, 5.74) is 5.72. The third-order valence-corrected chi connectivity index (χ3v) is 4.03. The van der Waals surface area contributed by atoms with E-state index in [9.17, 15) is 9.59 Å². The van der Waals surface area contributed by atoms with Gasteiger partial charge in [-0.25, -0.2) is 0 Å². The van der Waals surface area contributed by atoms with E-state index in [-0.39, 0.29) is 36.2 Å². The molecule has 2 aliphatic rings. The lowest BCUT2D eigenvalue weighted by molar-refractivity contribution is -0.135. The Bertz CT molecular complexity index is 334. The van der Waals surface area contributed by atoms with Gasteiger partial charge >= 0.3 is 0 Å². The molecule has 1 heterocycles. The number of carbonyl (C=O) groups excluding carboxylic acids is 2. The monoisotopic (exact) mass is 303 g/mol. The minimum atomic E-state index is 0. The zero-order valence-electron chi connectivity index (χ0n) is 12.0. The Hall–Kier alpha value is -0.810. The van der Waals surface area contributed by atoms with E-state index in [1.807, 2.05) is 4.90 Å². The minimum absolute atomic E-state index is 0. The standard InChI is InChI=1S/C14H25N3O2.ClH/c15-10-12-4-1-2-9-17(12)13(18)5-3-8-16-14(19)11-6-7-11;/h11-12H,1-10,15H2,(H,16,19);1H. The molecule has 1 atom stereocenters. The van der Waals surface area contributed by atoms with E-state index in [2.05, 4.69) is 5.32 Å². The zero-order valence-corrected chi connectivity index (χ0v) is 12.8. The molecule has 0 aromatic carbocycles. The molecule has 0 spiro atoms. The van der Waals surface area contributed by atoms with Crippen molar-refractivity contribution in [2.24, 2.45) is 11.7 Å². The summed E-state index contributed by atoms with van der Waals surface area (Å²) in [5.74, 6) is 0.598. The van der Waals surface area contributed by atoms with Crippen LogP contribution in [0.3, 0.4) is 0 Å². The number of piperidine rings is 1. The van der Waals surface area contributed by atoms with Crippen LogP contribution in [0.25, 0.3) is 0 Å². The van der Waals surface area contributed by atoms with Crippen molar-refractivity contribution in [3.05, 3.63) is 0 Å². The molecule has 2 amide bonds. The first kappa shape index (κ1) is 17.2. The number of amides is 2. The summed E-state index contributed by atoms with van der Waals surface area (Å²) in [7, 11) is 0. The number of hydrogen-bond acceptors (Lipinski definition) is 3. The highest BCUT2D eigenvalue weighted by Gasteiger charge is 2.29. The van der Waals surface area contributed by atoms with Crippen LogP contribution >= 0.6 is 12.4 Å². The summed E-state index contributed by atoms with van der Waals surface area (Å²) in [6.45, 7) is 2.02. The number of halogens is 1. The Kier molecular flexibility index (Phi) is 7.30. The van der Waals surface area contributed by atoms with Crippen LogP contribution in [0.5, 0.6) is 0 Å². The maximum atomic E-state index is 12.1. The maximum absolute atomic E-state index is 12.1. The third-order valence-electron chi connectivity index (χ3n) is 4.03. The zero-order chi connectivity index (χ0) is 13.7. The first-order chi connectivity index (χ1) is 9.22. The molecule has 6 heteroatoms. The molecule has 116 valence electrons. The molecule has 0 aromatic rings. The van der Waals surface area contributed by atoms with Gasteiger partial charge in [-0.1, -0.05) is 0 Å². The van der Waals surface area contributed by atoms with Crippen molar-refractivity contribution >= 4 is 24.2 Å². The Morgan fingerprint density at radius 2 is 1.95 bits per heavy atom. The Morgan fingerprint density at radius 3 is 2.60 bits per heavy atom. The molecular weight excluding hydrogens is 278 g/mol.